The van der Waals surface area contributed by atoms with Crippen molar-refractivity contribution in [2.75, 3.05) is 0 Å². The van der Waals surface area contributed by atoms with Crippen LogP contribution in [0.5, 0.6) is 5.75 Å². The smallest absolute Gasteiger partial charge is 0.251 e. The molecule has 0 radical (unpaired) electrons. The zero-order valence-electron chi connectivity index (χ0n) is 13.8. The first-order chi connectivity index (χ1) is 12.3. The van der Waals surface area contributed by atoms with Gasteiger partial charge in [0.15, 0.2) is 0 Å². The molecule has 3 nitrogen and oxygen atoms in total. The lowest BCUT2D eigenvalue weighted by Gasteiger charge is -2.33. The van der Waals surface area contributed by atoms with E-state index in [0.29, 0.717) is 12.0 Å². The Morgan fingerprint density at radius 2 is 1.48 bits per heavy atom. The molecule has 4 rings (SSSR count). The molecule has 124 valence electrons. The molecule has 1 aliphatic heterocycles. The number of nitrogens with one attached hydrogen (secondary N) is 1. The average Bonchev–Trinajstić information content (AvgIpc) is 2.69. The predicted octanol–water partition coefficient (Wildman–Crippen LogP) is 4.68. The van der Waals surface area contributed by atoms with Gasteiger partial charge in [-0.05, 0) is 23.8 Å². The molecule has 0 fully saturated rings. The largest absolute Gasteiger partial charge is 0.485 e. The van der Waals surface area contributed by atoms with Crippen LogP contribution in [0.2, 0.25) is 0 Å². The lowest BCUT2D eigenvalue weighted by Crippen LogP contribution is -2.33. The second kappa shape index (κ2) is 6.81. The molecule has 0 bridgehead atoms. The van der Waals surface area contributed by atoms with Gasteiger partial charge in [-0.15, -0.1) is 0 Å². The molecule has 0 aromatic heterocycles. The van der Waals surface area contributed by atoms with E-state index >= 15 is 0 Å². The van der Waals surface area contributed by atoms with Gasteiger partial charge < -0.3 is 10.1 Å². The summed E-state index contributed by atoms with van der Waals surface area (Å²) in [5.74, 6) is 0.773. The molecule has 0 spiro atoms. The normalized spacial score (nSPS) is 18.7. The van der Waals surface area contributed by atoms with Crippen LogP contribution in [0.1, 0.15) is 40.1 Å². The fourth-order valence-corrected chi connectivity index (χ4v) is 3.26. The molecular weight excluding hydrogens is 310 g/mol. The minimum absolute atomic E-state index is 0.0610. The van der Waals surface area contributed by atoms with Crippen molar-refractivity contribution in [3.8, 4) is 5.75 Å². The summed E-state index contributed by atoms with van der Waals surface area (Å²) in [6.07, 6.45) is 0.636. The highest BCUT2D eigenvalue weighted by Gasteiger charge is 2.30. The zero-order chi connectivity index (χ0) is 17.1. The second-order valence-electron chi connectivity index (χ2n) is 6.18. The minimum Gasteiger partial charge on any atom is -0.485 e. The maximum atomic E-state index is 12.6. The van der Waals surface area contributed by atoms with Gasteiger partial charge in [-0.1, -0.05) is 66.7 Å². The van der Waals surface area contributed by atoms with Gasteiger partial charge in [0, 0.05) is 17.5 Å². The van der Waals surface area contributed by atoms with Gasteiger partial charge >= 0.3 is 0 Å². The van der Waals surface area contributed by atoms with Gasteiger partial charge in [-0.3, -0.25) is 4.79 Å². The van der Waals surface area contributed by atoms with Gasteiger partial charge in [0.1, 0.15) is 11.9 Å². The van der Waals surface area contributed by atoms with Gasteiger partial charge in [0.2, 0.25) is 0 Å². The molecule has 1 heterocycles. The number of hydrogen-bond donors (Lipinski definition) is 1. The lowest BCUT2D eigenvalue weighted by molar-refractivity contribution is 0.0898. The maximum absolute atomic E-state index is 12.6. The molecule has 0 unspecified atom stereocenters. The van der Waals surface area contributed by atoms with Crippen LogP contribution in [0, 0.1) is 0 Å². The summed E-state index contributed by atoms with van der Waals surface area (Å²) in [6, 6.07) is 27.3. The summed E-state index contributed by atoms with van der Waals surface area (Å²) in [5, 5.41) is 3.17. The number of benzene rings is 3. The Morgan fingerprint density at radius 3 is 2.24 bits per heavy atom. The summed E-state index contributed by atoms with van der Waals surface area (Å²) < 4.78 is 6.18. The number of ether oxygens (including phenoxy) is 1. The van der Waals surface area contributed by atoms with Crippen molar-refractivity contribution in [1.29, 1.82) is 0 Å². The summed E-state index contributed by atoms with van der Waals surface area (Å²) in [7, 11) is 0. The molecule has 3 aromatic carbocycles. The maximum Gasteiger partial charge on any atom is 0.251 e. The number of rotatable bonds is 3. The molecular formula is C22H19NO2. The molecule has 1 amide bonds. The van der Waals surface area contributed by atoms with Crippen LogP contribution >= 0.6 is 0 Å². The third kappa shape index (κ3) is 3.26. The third-order valence-corrected chi connectivity index (χ3v) is 4.53. The van der Waals surface area contributed by atoms with Crippen molar-refractivity contribution in [3.05, 3.63) is 102 Å². The topological polar surface area (TPSA) is 38.3 Å². The SMILES string of the molecule is O=C(N[C@H]1C[C@@H](c2ccccc2)Oc2ccccc21)c1ccccc1. The molecule has 1 N–H and O–H groups in total. The number of para-hydroxylation sites is 1. The average molecular weight is 329 g/mol. The lowest BCUT2D eigenvalue weighted by atomic mass is 9.92. The summed E-state index contributed by atoms with van der Waals surface area (Å²) in [5.41, 5.74) is 2.82. The fraction of sp³-hybridized carbons (Fsp3) is 0.136. The van der Waals surface area contributed by atoms with Crippen LogP contribution in [-0.2, 0) is 0 Å². The van der Waals surface area contributed by atoms with E-state index in [9.17, 15) is 4.79 Å². The van der Waals surface area contributed by atoms with E-state index < -0.39 is 0 Å². The fourth-order valence-electron chi connectivity index (χ4n) is 3.26. The van der Waals surface area contributed by atoms with Crippen LogP contribution in [-0.4, -0.2) is 5.91 Å². The van der Waals surface area contributed by atoms with Crippen LogP contribution in [0.3, 0.4) is 0 Å². The van der Waals surface area contributed by atoms with E-state index in [2.05, 4.69) is 17.4 Å². The van der Waals surface area contributed by atoms with Crippen molar-refractivity contribution >= 4 is 5.91 Å². The third-order valence-electron chi connectivity index (χ3n) is 4.53. The molecule has 2 atom stereocenters. The zero-order valence-corrected chi connectivity index (χ0v) is 13.8. The molecule has 0 saturated carbocycles. The van der Waals surface area contributed by atoms with Crippen LogP contribution in [0.15, 0.2) is 84.9 Å². The first-order valence-electron chi connectivity index (χ1n) is 8.48. The predicted molar refractivity (Wildman–Crippen MR) is 97.5 cm³/mol. The van der Waals surface area contributed by atoms with E-state index in [1.807, 2.05) is 72.8 Å². The molecule has 25 heavy (non-hydrogen) atoms. The highest BCUT2D eigenvalue weighted by molar-refractivity contribution is 5.94. The van der Waals surface area contributed by atoms with Crippen molar-refractivity contribution in [2.24, 2.45) is 0 Å². The Labute approximate surface area is 147 Å². The number of carbonyl (C=O) groups excluding carboxylic acids is 1. The second-order valence-corrected chi connectivity index (χ2v) is 6.18. The number of amides is 1. The molecule has 1 aliphatic rings. The quantitative estimate of drug-likeness (QED) is 0.757. The monoisotopic (exact) mass is 329 g/mol. The van der Waals surface area contributed by atoms with E-state index in [0.717, 1.165) is 16.9 Å². The molecule has 3 aromatic rings. The van der Waals surface area contributed by atoms with Gasteiger partial charge in [0.05, 0.1) is 6.04 Å². The highest BCUT2D eigenvalue weighted by Crippen LogP contribution is 2.40. The van der Waals surface area contributed by atoms with Gasteiger partial charge in [0.25, 0.3) is 5.91 Å². The van der Waals surface area contributed by atoms with E-state index in [1.54, 1.807) is 0 Å². The summed E-state index contributed by atoms with van der Waals surface area (Å²) in [6.45, 7) is 0. The molecule has 3 heteroatoms. The molecule has 0 aliphatic carbocycles. The van der Waals surface area contributed by atoms with Crippen LogP contribution < -0.4 is 10.1 Å². The Morgan fingerprint density at radius 1 is 0.840 bits per heavy atom. The van der Waals surface area contributed by atoms with Crippen molar-refractivity contribution in [3.63, 3.8) is 0 Å². The highest BCUT2D eigenvalue weighted by atomic mass is 16.5. The van der Waals surface area contributed by atoms with Gasteiger partial charge in [-0.25, -0.2) is 0 Å². The van der Waals surface area contributed by atoms with E-state index in [1.165, 1.54) is 0 Å². The Hall–Kier alpha value is -3.07. The standard InChI is InChI=1S/C22H19NO2/c24-22(17-11-5-2-6-12-17)23-19-15-21(16-9-3-1-4-10-16)25-20-14-8-7-13-18(19)20/h1-14,19,21H,15H2,(H,23,24)/t19-,21-/m0/s1. The first kappa shape index (κ1) is 15.5. The Kier molecular flexibility index (Phi) is 4.21. The van der Waals surface area contributed by atoms with E-state index in [4.69, 9.17) is 4.74 Å². The van der Waals surface area contributed by atoms with Gasteiger partial charge in [-0.2, -0.15) is 0 Å². The van der Waals surface area contributed by atoms with Crippen molar-refractivity contribution in [2.45, 2.75) is 18.6 Å². The van der Waals surface area contributed by atoms with E-state index in [-0.39, 0.29) is 18.1 Å². The van der Waals surface area contributed by atoms with Crippen molar-refractivity contribution in [1.82, 2.24) is 5.32 Å². The Bertz CT molecular complexity index is 861. The molecule has 0 saturated heterocycles. The van der Waals surface area contributed by atoms with Crippen LogP contribution in [0.25, 0.3) is 0 Å². The van der Waals surface area contributed by atoms with Crippen LogP contribution in [0.4, 0.5) is 0 Å². The number of fused-ring (bicyclic) bond motifs is 1. The van der Waals surface area contributed by atoms with Crippen molar-refractivity contribution < 1.29 is 9.53 Å². The number of carbonyl (C=O) groups is 1. The minimum atomic E-state index is -0.0807. The Balaban J connectivity index is 1.62. The number of hydrogen-bond acceptors (Lipinski definition) is 2. The summed E-state index contributed by atoms with van der Waals surface area (Å²) in [4.78, 5) is 12.6. The summed E-state index contributed by atoms with van der Waals surface area (Å²) >= 11 is 0. The first-order valence-corrected chi connectivity index (χ1v) is 8.48.